The van der Waals surface area contributed by atoms with Gasteiger partial charge in [-0.25, -0.2) is 14.6 Å². The lowest BCUT2D eigenvalue weighted by molar-refractivity contribution is 0.00578. The molecule has 0 aromatic carbocycles. The highest BCUT2D eigenvalue weighted by atomic mass is 16.7. The third-order valence-electron chi connectivity index (χ3n) is 3.82. The van der Waals surface area contributed by atoms with Crippen LogP contribution in [0.1, 0.15) is 27.7 Å². The van der Waals surface area contributed by atoms with Crippen LogP contribution in [0.2, 0.25) is 0 Å². The van der Waals surface area contributed by atoms with Gasteiger partial charge >= 0.3 is 7.12 Å². The smallest absolute Gasteiger partial charge is 0.398 e. The molecule has 1 aliphatic rings. The summed E-state index contributed by atoms with van der Waals surface area (Å²) in [5, 5.41) is 8.17. The summed E-state index contributed by atoms with van der Waals surface area (Å²) in [5.41, 5.74) is 0.587. The molecule has 0 saturated carbocycles. The van der Waals surface area contributed by atoms with E-state index in [1.54, 1.807) is 23.3 Å². The molecule has 0 spiro atoms. The van der Waals surface area contributed by atoms with E-state index in [9.17, 15) is 0 Å². The second-order valence-electron chi connectivity index (χ2n) is 5.77. The van der Waals surface area contributed by atoms with E-state index in [-0.39, 0.29) is 0 Å². The van der Waals surface area contributed by atoms with E-state index < -0.39 is 18.3 Å². The molecule has 0 amide bonds. The van der Waals surface area contributed by atoms with Crippen molar-refractivity contribution in [2.75, 3.05) is 0 Å². The molecule has 7 nitrogen and oxygen atoms in total. The van der Waals surface area contributed by atoms with Crippen molar-refractivity contribution in [2.24, 2.45) is 0 Å². The van der Waals surface area contributed by atoms with Crippen LogP contribution in [-0.2, 0) is 9.31 Å². The summed E-state index contributed by atoms with van der Waals surface area (Å²) in [6.07, 6.45) is 6.56. The Morgan fingerprint density at radius 1 is 1.05 bits per heavy atom. The summed E-state index contributed by atoms with van der Waals surface area (Å²) in [6.45, 7) is 8.01. The topological polar surface area (TPSA) is 75.0 Å². The number of aromatic nitrogens is 5. The highest BCUT2D eigenvalue weighted by Gasteiger charge is 2.52. The molecule has 3 heterocycles. The van der Waals surface area contributed by atoms with E-state index in [1.165, 1.54) is 6.33 Å². The Bertz CT molecular complexity index is 597. The van der Waals surface area contributed by atoms with Gasteiger partial charge in [0.2, 0.25) is 0 Å². The SMILES string of the molecule is CC1(C)OB(c2cn(-c3cncnc3)nn2)OC1(C)C. The summed E-state index contributed by atoms with van der Waals surface area (Å²) in [4.78, 5) is 7.90. The van der Waals surface area contributed by atoms with Crippen LogP contribution in [-0.4, -0.2) is 43.3 Å². The molecule has 1 aliphatic heterocycles. The van der Waals surface area contributed by atoms with Crippen molar-refractivity contribution in [2.45, 2.75) is 38.9 Å². The first kappa shape index (κ1) is 13.2. The molecule has 2 aromatic rings. The summed E-state index contributed by atoms with van der Waals surface area (Å²) in [5.74, 6) is 0. The van der Waals surface area contributed by atoms with Gasteiger partial charge in [0.25, 0.3) is 0 Å². The van der Waals surface area contributed by atoms with Crippen LogP contribution in [0, 0.1) is 0 Å². The zero-order valence-corrected chi connectivity index (χ0v) is 11.9. The maximum atomic E-state index is 5.93. The zero-order valence-electron chi connectivity index (χ0n) is 11.9. The van der Waals surface area contributed by atoms with Crippen molar-refractivity contribution in [3.8, 4) is 5.69 Å². The van der Waals surface area contributed by atoms with Crippen molar-refractivity contribution in [3.63, 3.8) is 0 Å². The molecule has 0 radical (unpaired) electrons. The Morgan fingerprint density at radius 2 is 1.65 bits per heavy atom. The van der Waals surface area contributed by atoms with Crippen molar-refractivity contribution >= 4 is 12.7 Å². The normalized spacial score (nSPS) is 20.3. The predicted octanol–water partition coefficient (Wildman–Crippen LogP) is 0.356. The molecular formula is C12H16BN5O2. The minimum atomic E-state index is -0.515. The van der Waals surface area contributed by atoms with E-state index in [0.717, 1.165) is 5.69 Å². The Balaban J connectivity index is 1.86. The molecule has 1 fully saturated rings. The summed E-state index contributed by atoms with van der Waals surface area (Å²) >= 11 is 0. The zero-order chi connectivity index (χ0) is 14.4. The first-order chi connectivity index (χ1) is 9.39. The van der Waals surface area contributed by atoms with Gasteiger partial charge in [0.1, 0.15) is 17.6 Å². The van der Waals surface area contributed by atoms with Crippen LogP contribution in [0.3, 0.4) is 0 Å². The third kappa shape index (κ3) is 2.10. The highest BCUT2D eigenvalue weighted by molar-refractivity contribution is 6.61. The number of nitrogens with zero attached hydrogens (tertiary/aromatic N) is 5. The van der Waals surface area contributed by atoms with Gasteiger partial charge in [-0.2, -0.15) is 0 Å². The van der Waals surface area contributed by atoms with Crippen LogP contribution in [0.25, 0.3) is 5.69 Å². The minimum absolute atomic E-state index is 0.392. The summed E-state index contributed by atoms with van der Waals surface area (Å²) in [7, 11) is -0.515. The Kier molecular flexibility index (Phi) is 2.88. The first-order valence-corrected chi connectivity index (χ1v) is 6.42. The molecule has 0 unspecified atom stereocenters. The average Bonchev–Trinajstić information content (AvgIpc) is 2.94. The standard InChI is InChI=1S/C12H16BN5O2/c1-11(2)12(3,4)20-13(19-11)10-7-18(17-16-10)9-5-14-8-15-6-9/h5-8H,1-4H3. The van der Waals surface area contributed by atoms with Crippen molar-refractivity contribution in [1.82, 2.24) is 25.0 Å². The van der Waals surface area contributed by atoms with Crippen molar-refractivity contribution in [3.05, 3.63) is 24.9 Å². The molecule has 0 bridgehead atoms. The van der Waals surface area contributed by atoms with Crippen LogP contribution >= 0.6 is 0 Å². The molecule has 0 N–H and O–H groups in total. The fraction of sp³-hybridized carbons (Fsp3) is 0.500. The maximum Gasteiger partial charge on any atom is 0.518 e. The van der Waals surface area contributed by atoms with Crippen LogP contribution in [0.5, 0.6) is 0 Å². The molecule has 1 saturated heterocycles. The van der Waals surface area contributed by atoms with Gasteiger partial charge in [-0.15, -0.1) is 5.10 Å². The van der Waals surface area contributed by atoms with Gasteiger partial charge in [-0.1, -0.05) is 5.21 Å². The maximum absolute atomic E-state index is 5.93. The Hall–Kier alpha value is -1.80. The second-order valence-corrected chi connectivity index (χ2v) is 5.77. The summed E-state index contributed by atoms with van der Waals surface area (Å²) in [6, 6.07) is 0. The number of hydrogen-bond donors (Lipinski definition) is 0. The fourth-order valence-corrected chi connectivity index (χ4v) is 1.88. The van der Waals surface area contributed by atoms with Crippen LogP contribution < -0.4 is 5.59 Å². The molecule has 104 valence electrons. The molecule has 20 heavy (non-hydrogen) atoms. The van der Waals surface area contributed by atoms with Gasteiger partial charge in [-0.3, -0.25) is 0 Å². The third-order valence-corrected chi connectivity index (χ3v) is 3.82. The first-order valence-electron chi connectivity index (χ1n) is 6.42. The second kappa shape index (κ2) is 4.36. The lowest BCUT2D eigenvalue weighted by Gasteiger charge is -2.32. The molecule has 0 aliphatic carbocycles. The van der Waals surface area contributed by atoms with Gasteiger partial charge in [0.15, 0.2) is 0 Å². The average molecular weight is 273 g/mol. The highest BCUT2D eigenvalue weighted by Crippen LogP contribution is 2.36. The summed E-state index contributed by atoms with van der Waals surface area (Å²) < 4.78 is 13.5. The fourth-order valence-electron chi connectivity index (χ4n) is 1.88. The Labute approximate surface area is 117 Å². The van der Waals surface area contributed by atoms with Crippen molar-refractivity contribution < 1.29 is 9.31 Å². The predicted molar refractivity (Wildman–Crippen MR) is 72.7 cm³/mol. The molecule has 3 rings (SSSR count). The number of hydrogen-bond acceptors (Lipinski definition) is 6. The van der Waals surface area contributed by atoms with Gasteiger partial charge in [0.05, 0.1) is 29.8 Å². The molecule has 0 atom stereocenters. The minimum Gasteiger partial charge on any atom is -0.398 e. The molecule has 8 heteroatoms. The molecular weight excluding hydrogens is 257 g/mol. The van der Waals surface area contributed by atoms with Crippen LogP contribution in [0.15, 0.2) is 24.9 Å². The monoisotopic (exact) mass is 273 g/mol. The van der Waals surface area contributed by atoms with Gasteiger partial charge in [0, 0.05) is 0 Å². The van der Waals surface area contributed by atoms with E-state index in [0.29, 0.717) is 5.59 Å². The number of rotatable bonds is 2. The molecule has 2 aromatic heterocycles. The van der Waals surface area contributed by atoms with Crippen molar-refractivity contribution in [1.29, 1.82) is 0 Å². The Morgan fingerprint density at radius 3 is 2.25 bits per heavy atom. The van der Waals surface area contributed by atoms with E-state index >= 15 is 0 Å². The lowest BCUT2D eigenvalue weighted by Crippen LogP contribution is -2.41. The van der Waals surface area contributed by atoms with E-state index in [4.69, 9.17) is 9.31 Å². The lowest BCUT2D eigenvalue weighted by atomic mass is 9.86. The van der Waals surface area contributed by atoms with E-state index in [2.05, 4.69) is 20.3 Å². The quantitative estimate of drug-likeness (QED) is 0.735. The van der Waals surface area contributed by atoms with E-state index in [1.807, 2.05) is 27.7 Å². The van der Waals surface area contributed by atoms with Gasteiger partial charge < -0.3 is 9.31 Å². The van der Waals surface area contributed by atoms with Crippen LogP contribution in [0.4, 0.5) is 0 Å². The largest absolute Gasteiger partial charge is 0.518 e. The van der Waals surface area contributed by atoms with Gasteiger partial charge in [-0.05, 0) is 27.7 Å².